The van der Waals surface area contributed by atoms with Gasteiger partial charge in [-0.3, -0.25) is 0 Å². The topological polar surface area (TPSA) is 69.6 Å². The van der Waals surface area contributed by atoms with Gasteiger partial charge in [-0.2, -0.15) is 24.5 Å². The van der Waals surface area contributed by atoms with Gasteiger partial charge in [0.15, 0.2) is 0 Å². The summed E-state index contributed by atoms with van der Waals surface area (Å²) in [5.41, 5.74) is 0. The van der Waals surface area contributed by atoms with Gasteiger partial charge in [0.1, 0.15) is 0 Å². The molecule has 18 heavy (non-hydrogen) atoms. The van der Waals surface area contributed by atoms with Crippen LogP contribution in [0, 0.1) is 0 Å². The van der Waals surface area contributed by atoms with Crippen LogP contribution in [0.25, 0.3) is 0 Å². The highest BCUT2D eigenvalue weighted by molar-refractivity contribution is 7.99. The highest BCUT2D eigenvalue weighted by atomic mass is 32.2. The molecule has 1 aliphatic heterocycles. The zero-order valence-corrected chi connectivity index (χ0v) is 12.4. The Morgan fingerprint density at radius 2 is 1.78 bits per heavy atom. The minimum atomic E-state index is -3.28. The van der Waals surface area contributed by atoms with Crippen molar-refractivity contribution in [1.82, 2.24) is 9.03 Å². The average molecular weight is 296 g/mol. The SMILES string of the molecule is O=S(=O)(NCCSCCCO)N1CCCCCC1. The molecule has 0 unspecified atom stereocenters. The monoisotopic (exact) mass is 296 g/mol. The number of hydrogen-bond donors (Lipinski definition) is 2. The van der Waals surface area contributed by atoms with Crippen LogP contribution in [-0.4, -0.2) is 55.6 Å². The number of nitrogens with zero attached hydrogens (tertiary/aromatic N) is 1. The average Bonchev–Trinajstić information content (AvgIpc) is 2.63. The van der Waals surface area contributed by atoms with Crippen LogP contribution in [0.1, 0.15) is 32.1 Å². The molecule has 1 heterocycles. The number of hydrogen-bond acceptors (Lipinski definition) is 4. The van der Waals surface area contributed by atoms with E-state index in [-0.39, 0.29) is 6.61 Å². The summed E-state index contributed by atoms with van der Waals surface area (Å²) < 4.78 is 28.2. The smallest absolute Gasteiger partial charge is 0.279 e. The van der Waals surface area contributed by atoms with E-state index in [2.05, 4.69) is 4.72 Å². The predicted molar refractivity (Wildman–Crippen MR) is 76.0 cm³/mol. The molecule has 7 heteroatoms. The number of aliphatic hydroxyl groups excluding tert-OH is 1. The maximum Gasteiger partial charge on any atom is 0.279 e. The fraction of sp³-hybridized carbons (Fsp3) is 1.00. The number of thioether (sulfide) groups is 1. The molecule has 1 fully saturated rings. The summed E-state index contributed by atoms with van der Waals surface area (Å²) in [6, 6.07) is 0. The van der Waals surface area contributed by atoms with Gasteiger partial charge < -0.3 is 5.11 Å². The summed E-state index contributed by atoms with van der Waals surface area (Å²) in [5, 5.41) is 8.62. The van der Waals surface area contributed by atoms with Crippen LogP contribution < -0.4 is 4.72 Å². The summed E-state index contributed by atoms with van der Waals surface area (Å²) in [6.45, 7) is 1.96. The molecular formula is C11H24N2O3S2. The second-order valence-electron chi connectivity index (χ2n) is 4.40. The lowest BCUT2D eigenvalue weighted by molar-refractivity contribution is 0.296. The first kappa shape index (κ1) is 16.2. The van der Waals surface area contributed by atoms with Gasteiger partial charge in [-0.15, -0.1) is 0 Å². The first-order valence-corrected chi connectivity index (χ1v) is 9.19. The normalized spacial score (nSPS) is 18.7. The van der Waals surface area contributed by atoms with Crippen molar-refractivity contribution in [3.63, 3.8) is 0 Å². The minimum Gasteiger partial charge on any atom is -0.396 e. The second kappa shape index (κ2) is 9.14. The van der Waals surface area contributed by atoms with E-state index in [1.54, 1.807) is 16.1 Å². The summed E-state index contributed by atoms with van der Waals surface area (Å²) in [4.78, 5) is 0. The van der Waals surface area contributed by atoms with Crippen molar-refractivity contribution in [2.75, 3.05) is 37.7 Å². The van der Waals surface area contributed by atoms with Crippen LogP contribution in [0.3, 0.4) is 0 Å². The Bertz CT molecular complexity index is 301. The lowest BCUT2D eigenvalue weighted by Gasteiger charge is -2.20. The van der Waals surface area contributed by atoms with Crippen molar-refractivity contribution in [2.24, 2.45) is 0 Å². The van der Waals surface area contributed by atoms with E-state index in [1.165, 1.54) is 0 Å². The van der Waals surface area contributed by atoms with E-state index in [0.717, 1.165) is 43.6 Å². The molecule has 0 bridgehead atoms. The van der Waals surface area contributed by atoms with E-state index in [1.807, 2.05) is 0 Å². The molecule has 0 spiro atoms. The number of aliphatic hydroxyl groups is 1. The van der Waals surface area contributed by atoms with Gasteiger partial charge in [-0.05, 0) is 25.0 Å². The maximum absolute atomic E-state index is 12.0. The molecule has 2 N–H and O–H groups in total. The Kier molecular flexibility index (Phi) is 8.25. The van der Waals surface area contributed by atoms with Gasteiger partial charge in [-0.1, -0.05) is 12.8 Å². The molecule has 0 radical (unpaired) electrons. The fourth-order valence-electron chi connectivity index (χ4n) is 1.88. The van der Waals surface area contributed by atoms with Crippen molar-refractivity contribution in [3.8, 4) is 0 Å². The molecule has 0 saturated carbocycles. The molecule has 1 aliphatic rings. The van der Waals surface area contributed by atoms with Crippen LogP contribution in [0.2, 0.25) is 0 Å². The summed E-state index contributed by atoms with van der Waals surface area (Å²) in [7, 11) is -3.28. The Morgan fingerprint density at radius 3 is 2.39 bits per heavy atom. The van der Waals surface area contributed by atoms with Crippen LogP contribution in [-0.2, 0) is 10.2 Å². The molecule has 0 aromatic rings. The third-order valence-electron chi connectivity index (χ3n) is 2.88. The van der Waals surface area contributed by atoms with Gasteiger partial charge in [0.25, 0.3) is 10.2 Å². The Balaban J connectivity index is 2.21. The van der Waals surface area contributed by atoms with E-state index in [4.69, 9.17) is 5.11 Å². The molecule has 0 aliphatic carbocycles. The van der Waals surface area contributed by atoms with Crippen molar-refractivity contribution in [2.45, 2.75) is 32.1 Å². The number of nitrogens with one attached hydrogen (secondary N) is 1. The van der Waals surface area contributed by atoms with Crippen molar-refractivity contribution >= 4 is 22.0 Å². The molecular weight excluding hydrogens is 272 g/mol. The van der Waals surface area contributed by atoms with E-state index in [9.17, 15) is 8.42 Å². The van der Waals surface area contributed by atoms with Gasteiger partial charge in [-0.25, -0.2) is 4.72 Å². The highest BCUT2D eigenvalue weighted by Gasteiger charge is 2.21. The van der Waals surface area contributed by atoms with Gasteiger partial charge in [0, 0.05) is 32.0 Å². The maximum atomic E-state index is 12.0. The molecule has 1 saturated heterocycles. The van der Waals surface area contributed by atoms with Crippen molar-refractivity contribution in [1.29, 1.82) is 0 Å². The largest absolute Gasteiger partial charge is 0.396 e. The Morgan fingerprint density at radius 1 is 1.11 bits per heavy atom. The molecule has 5 nitrogen and oxygen atoms in total. The lowest BCUT2D eigenvalue weighted by Crippen LogP contribution is -2.42. The summed E-state index contributed by atoms with van der Waals surface area (Å²) in [6.07, 6.45) is 4.95. The van der Waals surface area contributed by atoms with E-state index in [0.29, 0.717) is 19.6 Å². The van der Waals surface area contributed by atoms with E-state index < -0.39 is 10.2 Å². The third kappa shape index (κ3) is 6.38. The quantitative estimate of drug-likeness (QED) is 0.651. The standard InChI is InChI=1S/C11H24N2O3S2/c14-9-5-10-17-11-6-12-18(15,16)13-7-3-1-2-4-8-13/h12,14H,1-11H2. The summed E-state index contributed by atoms with van der Waals surface area (Å²) >= 11 is 1.66. The van der Waals surface area contributed by atoms with E-state index >= 15 is 0 Å². The zero-order valence-electron chi connectivity index (χ0n) is 10.8. The predicted octanol–water partition coefficient (Wildman–Crippen LogP) is 0.812. The zero-order chi connectivity index (χ0) is 13.3. The third-order valence-corrected chi connectivity index (χ3v) is 5.57. The molecule has 0 amide bonds. The Labute approximate surface area is 115 Å². The summed E-state index contributed by atoms with van der Waals surface area (Å²) in [5.74, 6) is 1.63. The van der Waals surface area contributed by atoms with Gasteiger partial charge >= 0.3 is 0 Å². The fourth-order valence-corrected chi connectivity index (χ4v) is 4.08. The van der Waals surface area contributed by atoms with Crippen LogP contribution in [0.5, 0.6) is 0 Å². The van der Waals surface area contributed by atoms with Crippen molar-refractivity contribution < 1.29 is 13.5 Å². The minimum absolute atomic E-state index is 0.201. The molecule has 108 valence electrons. The van der Waals surface area contributed by atoms with Gasteiger partial charge in [0.2, 0.25) is 0 Å². The van der Waals surface area contributed by atoms with Crippen LogP contribution in [0.4, 0.5) is 0 Å². The first-order chi connectivity index (χ1) is 8.67. The molecule has 1 rings (SSSR count). The Hall–Kier alpha value is 0.180. The van der Waals surface area contributed by atoms with Gasteiger partial charge in [0.05, 0.1) is 0 Å². The molecule has 0 atom stereocenters. The van der Waals surface area contributed by atoms with Crippen LogP contribution in [0.15, 0.2) is 0 Å². The molecule has 0 aromatic carbocycles. The van der Waals surface area contributed by atoms with Crippen LogP contribution >= 0.6 is 11.8 Å². The number of rotatable bonds is 8. The first-order valence-electron chi connectivity index (χ1n) is 6.60. The second-order valence-corrected chi connectivity index (χ2v) is 7.38. The molecule has 0 aromatic heterocycles. The lowest BCUT2D eigenvalue weighted by atomic mass is 10.2. The van der Waals surface area contributed by atoms with Crippen molar-refractivity contribution in [3.05, 3.63) is 0 Å². The highest BCUT2D eigenvalue weighted by Crippen LogP contribution is 2.12.